The SMILES string of the molecule is CCNc1nc(C(C)C)nc(SCC(C)C)c1C. The van der Waals surface area contributed by atoms with Crippen molar-refractivity contribution in [3.63, 3.8) is 0 Å². The molecule has 0 atom stereocenters. The van der Waals surface area contributed by atoms with Crippen LogP contribution in [0.5, 0.6) is 0 Å². The number of nitrogens with one attached hydrogen (secondary N) is 1. The molecule has 0 saturated carbocycles. The highest BCUT2D eigenvalue weighted by Gasteiger charge is 2.13. The monoisotopic (exact) mass is 267 g/mol. The summed E-state index contributed by atoms with van der Waals surface area (Å²) in [5, 5.41) is 4.46. The molecule has 0 amide bonds. The molecule has 18 heavy (non-hydrogen) atoms. The third-order valence-corrected chi connectivity index (χ3v) is 4.04. The van der Waals surface area contributed by atoms with E-state index in [1.165, 1.54) is 5.56 Å². The van der Waals surface area contributed by atoms with Crippen LogP contribution in [0.1, 0.15) is 51.9 Å². The Hall–Kier alpha value is -0.770. The maximum absolute atomic E-state index is 4.70. The Morgan fingerprint density at radius 3 is 2.33 bits per heavy atom. The van der Waals surface area contributed by atoms with Gasteiger partial charge in [-0.15, -0.1) is 11.8 Å². The minimum absolute atomic E-state index is 0.362. The third-order valence-electron chi connectivity index (χ3n) is 2.53. The van der Waals surface area contributed by atoms with E-state index in [0.717, 1.165) is 29.0 Å². The first-order valence-electron chi connectivity index (χ1n) is 6.70. The van der Waals surface area contributed by atoms with Crippen molar-refractivity contribution < 1.29 is 0 Å². The molecule has 0 saturated heterocycles. The smallest absolute Gasteiger partial charge is 0.134 e. The summed E-state index contributed by atoms with van der Waals surface area (Å²) < 4.78 is 0. The van der Waals surface area contributed by atoms with E-state index in [-0.39, 0.29) is 0 Å². The van der Waals surface area contributed by atoms with Gasteiger partial charge < -0.3 is 5.32 Å². The molecule has 0 aliphatic rings. The van der Waals surface area contributed by atoms with Gasteiger partial charge in [-0.2, -0.15) is 0 Å². The van der Waals surface area contributed by atoms with E-state index in [0.29, 0.717) is 11.8 Å². The van der Waals surface area contributed by atoms with Crippen LogP contribution in [-0.2, 0) is 0 Å². The topological polar surface area (TPSA) is 37.8 Å². The Morgan fingerprint density at radius 2 is 1.83 bits per heavy atom. The van der Waals surface area contributed by atoms with E-state index in [1.54, 1.807) is 0 Å². The minimum atomic E-state index is 0.362. The minimum Gasteiger partial charge on any atom is -0.370 e. The van der Waals surface area contributed by atoms with Gasteiger partial charge in [-0.1, -0.05) is 27.7 Å². The molecule has 0 bridgehead atoms. The molecule has 1 aromatic rings. The molecule has 0 aliphatic heterocycles. The molecule has 3 nitrogen and oxygen atoms in total. The third kappa shape index (κ3) is 4.16. The maximum atomic E-state index is 4.70. The Bertz CT molecular complexity index is 389. The molecule has 0 aromatic carbocycles. The predicted octanol–water partition coefficient (Wildman–Crippen LogP) is 4.09. The van der Waals surface area contributed by atoms with E-state index in [4.69, 9.17) is 4.98 Å². The van der Waals surface area contributed by atoms with E-state index < -0.39 is 0 Å². The molecule has 1 aromatic heterocycles. The van der Waals surface area contributed by atoms with Crippen molar-refractivity contribution in [2.75, 3.05) is 17.6 Å². The van der Waals surface area contributed by atoms with Crippen LogP contribution < -0.4 is 5.32 Å². The summed E-state index contributed by atoms with van der Waals surface area (Å²) >= 11 is 1.84. The number of hydrogen-bond acceptors (Lipinski definition) is 4. The van der Waals surface area contributed by atoms with Crippen molar-refractivity contribution in [2.24, 2.45) is 5.92 Å². The molecule has 1 rings (SSSR count). The summed E-state index contributed by atoms with van der Waals surface area (Å²) in [6.45, 7) is 13.8. The number of aromatic nitrogens is 2. The largest absolute Gasteiger partial charge is 0.370 e. The quantitative estimate of drug-likeness (QED) is 0.622. The Balaban J connectivity index is 3.05. The predicted molar refractivity (Wildman–Crippen MR) is 80.6 cm³/mol. The number of anilines is 1. The van der Waals surface area contributed by atoms with Crippen molar-refractivity contribution in [2.45, 2.75) is 52.5 Å². The Morgan fingerprint density at radius 1 is 1.17 bits per heavy atom. The molecule has 1 heterocycles. The van der Waals surface area contributed by atoms with Crippen molar-refractivity contribution >= 4 is 17.6 Å². The van der Waals surface area contributed by atoms with Gasteiger partial charge in [-0.25, -0.2) is 9.97 Å². The number of hydrogen-bond donors (Lipinski definition) is 1. The first kappa shape index (κ1) is 15.3. The zero-order valence-electron chi connectivity index (χ0n) is 12.4. The highest BCUT2D eigenvalue weighted by molar-refractivity contribution is 7.99. The average Bonchev–Trinajstić information content (AvgIpc) is 2.29. The van der Waals surface area contributed by atoms with Crippen molar-refractivity contribution in [3.8, 4) is 0 Å². The second kappa shape index (κ2) is 6.98. The van der Waals surface area contributed by atoms with Crippen LogP contribution in [0, 0.1) is 12.8 Å². The highest BCUT2D eigenvalue weighted by atomic mass is 32.2. The lowest BCUT2D eigenvalue weighted by molar-refractivity contribution is 0.737. The zero-order valence-corrected chi connectivity index (χ0v) is 13.2. The first-order chi connectivity index (χ1) is 8.45. The number of rotatable bonds is 6. The van der Waals surface area contributed by atoms with E-state index in [1.807, 2.05) is 11.8 Å². The summed E-state index contributed by atoms with van der Waals surface area (Å²) in [7, 11) is 0. The molecular formula is C14H25N3S. The van der Waals surface area contributed by atoms with Crippen LogP contribution in [0.3, 0.4) is 0 Å². The van der Waals surface area contributed by atoms with Gasteiger partial charge in [-0.3, -0.25) is 0 Å². The molecule has 1 N–H and O–H groups in total. The number of thioether (sulfide) groups is 1. The number of nitrogens with zero attached hydrogens (tertiary/aromatic N) is 2. The fraction of sp³-hybridized carbons (Fsp3) is 0.714. The summed E-state index contributed by atoms with van der Waals surface area (Å²) in [6.07, 6.45) is 0. The Labute approximate surface area is 115 Å². The van der Waals surface area contributed by atoms with Crippen molar-refractivity contribution in [1.82, 2.24) is 9.97 Å². The second-order valence-electron chi connectivity index (χ2n) is 5.25. The van der Waals surface area contributed by atoms with Gasteiger partial charge in [0.15, 0.2) is 0 Å². The lowest BCUT2D eigenvalue weighted by Crippen LogP contribution is -2.09. The summed E-state index contributed by atoms with van der Waals surface area (Å²) in [5.41, 5.74) is 1.17. The van der Waals surface area contributed by atoms with Crippen LogP contribution in [-0.4, -0.2) is 22.3 Å². The lowest BCUT2D eigenvalue weighted by Gasteiger charge is -2.15. The van der Waals surface area contributed by atoms with Crippen molar-refractivity contribution in [1.29, 1.82) is 0 Å². The van der Waals surface area contributed by atoms with Gasteiger partial charge in [0.2, 0.25) is 0 Å². The summed E-state index contributed by atoms with van der Waals surface area (Å²) in [5.74, 6) is 4.06. The molecule has 0 spiro atoms. The zero-order chi connectivity index (χ0) is 13.7. The van der Waals surface area contributed by atoms with Crippen LogP contribution in [0.4, 0.5) is 5.82 Å². The normalized spacial score (nSPS) is 11.3. The average molecular weight is 267 g/mol. The molecule has 0 unspecified atom stereocenters. The van der Waals surface area contributed by atoms with Gasteiger partial charge in [-0.05, 0) is 19.8 Å². The second-order valence-corrected chi connectivity index (χ2v) is 6.26. The maximum Gasteiger partial charge on any atom is 0.134 e. The van der Waals surface area contributed by atoms with Gasteiger partial charge >= 0.3 is 0 Å². The summed E-state index contributed by atoms with van der Waals surface area (Å²) in [4.78, 5) is 9.31. The summed E-state index contributed by atoms with van der Waals surface area (Å²) in [6, 6.07) is 0. The van der Waals surface area contributed by atoms with Gasteiger partial charge in [0.25, 0.3) is 0 Å². The van der Waals surface area contributed by atoms with Crippen LogP contribution >= 0.6 is 11.8 Å². The van der Waals surface area contributed by atoms with E-state index >= 15 is 0 Å². The first-order valence-corrected chi connectivity index (χ1v) is 7.69. The molecule has 0 aliphatic carbocycles. The lowest BCUT2D eigenvalue weighted by atomic mass is 10.2. The van der Waals surface area contributed by atoms with Gasteiger partial charge in [0.1, 0.15) is 16.7 Å². The van der Waals surface area contributed by atoms with E-state index in [2.05, 4.69) is 51.8 Å². The van der Waals surface area contributed by atoms with Crippen LogP contribution in [0.15, 0.2) is 5.03 Å². The fourth-order valence-electron chi connectivity index (χ4n) is 1.50. The molecule has 0 fully saturated rings. The molecule has 102 valence electrons. The highest BCUT2D eigenvalue weighted by Crippen LogP contribution is 2.28. The van der Waals surface area contributed by atoms with Gasteiger partial charge in [0.05, 0.1) is 0 Å². The molecule has 0 radical (unpaired) electrons. The van der Waals surface area contributed by atoms with Crippen LogP contribution in [0.25, 0.3) is 0 Å². The van der Waals surface area contributed by atoms with Gasteiger partial charge in [0, 0.05) is 23.8 Å². The van der Waals surface area contributed by atoms with E-state index in [9.17, 15) is 0 Å². The standard InChI is InChI=1S/C14H25N3S/c1-7-15-13-11(6)14(18-8-9(2)3)17-12(16-13)10(4)5/h9-10H,7-8H2,1-6H3,(H,15,16,17). The van der Waals surface area contributed by atoms with Crippen LogP contribution in [0.2, 0.25) is 0 Å². The Kier molecular flexibility index (Phi) is 5.93. The fourth-order valence-corrected chi connectivity index (χ4v) is 2.46. The van der Waals surface area contributed by atoms with Crippen molar-refractivity contribution in [3.05, 3.63) is 11.4 Å². The molecular weight excluding hydrogens is 242 g/mol. The molecule has 4 heteroatoms.